The highest BCUT2D eigenvalue weighted by molar-refractivity contribution is 7.25. The average molecular weight is 319 g/mol. The highest BCUT2D eigenvalue weighted by atomic mass is 32.1. The lowest BCUT2D eigenvalue weighted by Gasteiger charge is -2.08. The fraction of sp³-hybridized carbons (Fsp3) is 0.100. The van der Waals surface area contributed by atoms with Crippen molar-refractivity contribution >= 4 is 37.2 Å². The number of fused-ring (bicyclic) bond motifs is 3. The molecule has 0 atom stereocenters. The molecule has 0 aliphatic heterocycles. The molecule has 114 valence electrons. The van der Waals surface area contributed by atoms with Crippen LogP contribution in [-0.2, 0) is 6.54 Å². The van der Waals surface area contributed by atoms with E-state index in [1.54, 1.807) is 7.11 Å². The number of anilines is 1. The van der Waals surface area contributed by atoms with Crippen LogP contribution in [0.4, 0.5) is 5.69 Å². The topological polar surface area (TPSA) is 21.3 Å². The zero-order chi connectivity index (χ0) is 15.6. The molecule has 0 amide bonds. The predicted octanol–water partition coefficient (Wildman–Crippen LogP) is 5.68. The van der Waals surface area contributed by atoms with Gasteiger partial charge < -0.3 is 10.1 Å². The van der Waals surface area contributed by atoms with Crippen LogP contribution in [0.5, 0.6) is 5.75 Å². The zero-order valence-corrected chi connectivity index (χ0v) is 13.7. The van der Waals surface area contributed by atoms with Crippen LogP contribution in [0.3, 0.4) is 0 Å². The van der Waals surface area contributed by atoms with Crippen LogP contribution >= 0.6 is 11.3 Å². The van der Waals surface area contributed by atoms with E-state index < -0.39 is 0 Å². The fourth-order valence-electron chi connectivity index (χ4n) is 2.82. The first-order valence-electron chi connectivity index (χ1n) is 7.61. The molecule has 4 rings (SSSR count). The summed E-state index contributed by atoms with van der Waals surface area (Å²) in [6, 6.07) is 23.3. The Kier molecular flexibility index (Phi) is 3.64. The van der Waals surface area contributed by atoms with Crippen molar-refractivity contribution in [1.29, 1.82) is 0 Å². The monoisotopic (exact) mass is 319 g/mol. The smallest absolute Gasteiger partial charge is 0.119 e. The number of methoxy groups -OCH3 is 1. The Morgan fingerprint density at radius 2 is 1.74 bits per heavy atom. The van der Waals surface area contributed by atoms with Gasteiger partial charge in [0.05, 0.1) is 7.11 Å². The third-order valence-electron chi connectivity index (χ3n) is 4.01. The maximum absolute atomic E-state index is 5.28. The first-order chi connectivity index (χ1) is 11.3. The van der Waals surface area contributed by atoms with Gasteiger partial charge in [-0.2, -0.15) is 0 Å². The van der Waals surface area contributed by atoms with Gasteiger partial charge in [-0.15, -0.1) is 11.3 Å². The molecule has 0 fully saturated rings. The Labute approximate surface area is 139 Å². The summed E-state index contributed by atoms with van der Waals surface area (Å²) in [6.45, 7) is 0.783. The van der Waals surface area contributed by atoms with E-state index in [0.29, 0.717) is 0 Å². The van der Waals surface area contributed by atoms with Crippen LogP contribution in [0.1, 0.15) is 5.56 Å². The third-order valence-corrected chi connectivity index (χ3v) is 5.16. The minimum absolute atomic E-state index is 0.783. The average Bonchev–Trinajstić information content (AvgIpc) is 2.98. The summed E-state index contributed by atoms with van der Waals surface area (Å²) in [6.07, 6.45) is 0. The van der Waals surface area contributed by atoms with Gasteiger partial charge in [0.2, 0.25) is 0 Å². The SMILES string of the molecule is COc1cccc(CNc2ccc3sc4ccccc4c3c2)c1. The summed E-state index contributed by atoms with van der Waals surface area (Å²) >= 11 is 1.85. The first-order valence-corrected chi connectivity index (χ1v) is 8.43. The number of benzene rings is 3. The van der Waals surface area contributed by atoms with Crippen LogP contribution in [0.15, 0.2) is 66.7 Å². The summed E-state index contributed by atoms with van der Waals surface area (Å²) in [5.41, 5.74) is 2.35. The molecular formula is C20H17NOS. The molecule has 3 aromatic carbocycles. The molecule has 23 heavy (non-hydrogen) atoms. The maximum atomic E-state index is 5.28. The van der Waals surface area contributed by atoms with Gasteiger partial charge in [-0.05, 0) is 42.0 Å². The lowest BCUT2D eigenvalue weighted by Crippen LogP contribution is -1.99. The van der Waals surface area contributed by atoms with E-state index in [1.807, 2.05) is 23.5 Å². The molecular weight excluding hydrogens is 302 g/mol. The number of nitrogens with one attached hydrogen (secondary N) is 1. The van der Waals surface area contributed by atoms with Crippen LogP contribution in [0, 0.1) is 0 Å². The minimum atomic E-state index is 0.783. The van der Waals surface area contributed by atoms with Crippen LogP contribution in [0.25, 0.3) is 20.2 Å². The molecule has 2 nitrogen and oxygen atoms in total. The molecule has 0 saturated heterocycles. The second-order valence-corrected chi connectivity index (χ2v) is 6.60. The molecule has 1 aromatic heterocycles. The molecule has 0 radical (unpaired) electrons. The number of ether oxygens (including phenoxy) is 1. The Bertz CT molecular complexity index is 974. The molecule has 3 heteroatoms. The second-order valence-electron chi connectivity index (χ2n) is 5.51. The number of hydrogen-bond acceptors (Lipinski definition) is 3. The summed E-state index contributed by atoms with van der Waals surface area (Å²) in [4.78, 5) is 0. The van der Waals surface area contributed by atoms with Gasteiger partial charge in [0.25, 0.3) is 0 Å². The van der Waals surface area contributed by atoms with Crippen LogP contribution in [0.2, 0.25) is 0 Å². The molecule has 0 aliphatic carbocycles. The highest BCUT2D eigenvalue weighted by Gasteiger charge is 2.05. The summed E-state index contributed by atoms with van der Waals surface area (Å²) in [5, 5.41) is 6.16. The van der Waals surface area contributed by atoms with Crippen molar-refractivity contribution in [2.24, 2.45) is 0 Å². The Balaban J connectivity index is 1.62. The molecule has 1 heterocycles. The van der Waals surface area contributed by atoms with Crippen molar-refractivity contribution < 1.29 is 4.74 Å². The number of hydrogen-bond donors (Lipinski definition) is 1. The van der Waals surface area contributed by atoms with E-state index >= 15 is 0 Å². The van der Waals surface area contributed by atoms with E-state index in [4.69, 9.17) is 4.74 Å². The Morgan fingerprint density at radius 1 is 0.870 bits per heavy atom. The molecule has 0 spiro atoms. The Hall–Kier alpha value is -2.52. The largest absolute Gasteiger partial charge is 0.497 e. The van der Waals surface area contributed by atoms with Gasteiger partial charge in [0, 0.05) is 32.4 Å². The van der Waals surface area contributed by atoms with Gasteiger partial charge in [-0.25, -0.2) is 0 Å². The maximum Gasteiger partial charge on any atom is 0.119 e. The van der Waals surface area contributed by atoms with E-state index in [1.165, 1.54) is 25.7 Å². The van der Waals surface area contributed by atoms with E-state index in [-0.39, 0.29) is 0 Å². The van der Waals surface area contributed by atoms with Gasteiger partial charge in [0.15, 0.2) is 0 Å². The van der Waals surface area contributed by atoms with Gasteiger partial charge >= 0.3 is 0 Å². The van der Waals surface area contributed by atoms with Crippen molar-refractivity contribution in [2.45, 2.75) is 6.54 Å². The lowest BCUT2D eigenvalue weighted by atomic mass is 10.1. The van der Waals surface area contributed by atoms with Crippen molar-refractivity contribution in [2.75, 3.05) is 12.4 Å². The van der Waals surface area contributed by atoms with Gasteiger partial charge in [0.1, 0.15) is 5.75 Å². The standard InChI is InChI=1S/C20H17NOS/c1-22-16-6-4-5-14(11-16)13-21-15-9-10-20-18(12-15)17-7-2-3-8-19(17)23-20/h2-12,21H,13H2,1H3. The quantitative estimate of drug-likeness (QED) is 0.523. The molecule has 0 aliphatic rings. The Morgan fingerprint density at radius 3 is 2.65 bits per heavy atom. The summed E-state index contributed by atoms with van der Waals surface area (Å²) in [5.74, 6) is 0.892. The van der Waals surface area contributed by atoms with E-state index in [0.717, 1.165) is 18.0 Å². The zero-order valence-electron chi connectivity index (χ0n) is 12.9. The van der Waals surface area contributed by atoms with Crippen molar-refractivity contribution in [3.63, 3.8) is 0 Å². The molecule has 4 aromatic rings. The lowest BCUT2D eigenvalue weighted by molar-refractivity contribution is 0.414. The summed E-state index contributed by atoms with van der Waals surface area (Å²) in [7, 11) is 1.70. The van der Waals surface area contributed by atoms with Crippen LogP contribution in [-0.4, -0.2) is 7.11 Å². The molecule has 0 unspecified atom stereocenters. The number of rotatable bonds is 4. The molecule has 0 bridgehead atoms. The van der Waals surface area contributed by atoms with Crippen molar-refractivity contribution in [1.82, 2.24) is 0 Å². The van der Waals surface area contributed by atoms with E-state index in [2.05, 4.69) is 59.9 Å². The minimum Gasteiger partial charge on any atom is -0.497 e. The van der Waals surface area contributed by atoms with Gasteiger partial charge in [-0.3, -0.25) is 0 Å². The normalized spacial score (nSPS) is 11.0. The summed E-state index contributed by atoms with van der Waals surface area (Å²) < 4.78 is 7.95. The van der Waals surface area contributed by atoms with Crippen LogP contribution < -0.4 is 10.1 Å². The molecule has 0 saturated carbocycles. The second kappa shape index (κ2) is 5.94. The van der Waals surface area contributed by atoms with Crippen molar-refractivity contribution in [3.05, 3.63) is 72.3 Å². The van der Waals surface area contributed by atoms with E-state index in [9.17, 15) is 0 Å². The molecule has 1 N–H and O–H groups in total. The fourth-order valence-corrected chi connectivity index (χ4v) is 3.91. The third kappa shape index (κ3) is 2.76. The first kappa shape index (κ1) is 14.1. The van der Waals surface area contributed by atoms with Gasteiger partial charge in [-0.1, -0.05) is 30.3 Å². The van der Waals surface area contributed by atoms with Crippen molar-refractivity contribution in [3.8, 4) is 5.75 Å². The predicted molar refractivity (Wildman–Crippen MR) is 99.7 cm³/mol. The highest BCUT2D eigenvalue weighted by Crippen LogP contribution is 2.35. The number of thiophene rings is 1.